The molecule has 0 bridgehead atoms. The lowest BCUT2D eigenvalue weighted by Crippen LogP contribution is -2.24. The van der Waals surface area contributed by atoms with E-state index in [1.54, 1.807) is 12.3 Å². The topological polar surface area (TPSA) is 64.2 Å². The Hall–Kier alpha value is -2.21. The van der Waals surface area contributed by atoms with Gasteiger partial charge in [-0.05, 0) is 11.6 Å². The molecule has 0 aliphatic rings. The molecule has 0 amide bonds. The summed E-state index contributed by atoms with van der Waals surface area (Å²) in [6.07, 6.45) is 1.67. The Morgan fingerprint density at radius 2 is 2.15 bits per heavy atom. The van der Waals surface area contributed by atoms with Gasteiger partial charge in [-0.25, -0.2) is 4.68 Å². The average Bonchev–Trinajstić information content (AvgIpc) is 2.41. The SMILES string of the molecule is CN(C)c1cnn(Cc2cccc(C(N)=S)c2)c(=O)c1. The number of hydrogen-bond donors (Lipinski definition) is 1. The van der Waals surface area contributed by atoms with E-state index in [0.29, 0.717) is 11.5 Å². The second-order valence-electron chi connectivity index (χ2n) is 4.67. The van der Waals surface area contributed by atoms with Gasteiger partial charge in [-0.15, -0.1) is 0 Å². The number of hydrogen-bond acceptors (Lipinski definition) is 4. The highest BCUT2D eigenvalue weighted by Gasteiger charge is 2.04. The van der Waals surface area contributed by atoms with Crippen LogP contribution in [0.5, 0.6) is 0 Å². The summed E-state index contributed by atoms with van der Waals surface area (Å²) in [6.45, 7) is 0.392. The molecule has 0 spiro atoms. The van der Waals surface area contributed by atoms with E-state index in [1.807, 2.05) is 43.3 Å². The molecule has 0 radical (unpaired) electrons. The van der Waals surface area contributed by atoms with Crippen LogP contribution in [0.15, 0.2) is 41.3 Å². The largest absolute Gasteiger partial charge is 0.389 e. The molecule has 5 nitrogen and oxygen atoms in total. The molecule has 2 aromatic rings. The molecule has 0 aliphatic carbocycles. The molecule has 0 saturated carbocycles. The number of aromatic nitrogens is 2. The highest BCUT2D eigenvalue weighted by molar-refractivity contribution is 7.80. The molecule has 104 valence electrons. The van der Waals surface area contributed by atoms with E-state index in [2.05, 4.69) is 5.10 Å². The van der Waals surface area contributed by atoms with Crippen LogP contribution in [-0.4, -0.2) is 28.9 Å². The van der Waals surface area contributed by atoms with Crippen LogP contribution in [0.1, 0.15) is 11.1 Å². The minimum Gasteiger partial charge on any atom is -0.389 e. The van der Waals surface area contributed by atoms with Gasteiger partial charge in [0.2, 0.25) is 0 Å². The van der Waals surface area contributed by atoms with Crippen molar-refractivity contribution in [2.45, 2.75) is 6.54 Å². The van der Waals surface area contributed by atoms with E-state index in [4.69, 9.17) is 18.0 Å². The number of nitrogens with two attached hydrogens (primary N) is 1. The fraction of sp³-hybridized carbons (Fsp3) is 0.214. The third kappa shape index (κ3) is 3.21. The molecule has 2 rings (SSSR count). The number of rotatable bonds is 4. The zero-order valence-electron chi connectivity index (χ0n) is 11.4. The predicted octanol–water partition coefficient (Wildman–Crippen LogP) is 0.992. The van der Waals surface area contributed by atoms with Gasteiger partial charge in [0, 0.05) is 25.7 Å². The Balaban J connectivity index is 2.28. The van der Waals surface area contributed by atoms with Gasteiger partial charge in [-0.1, -0.05) is 30.4 Å². The summed E-state index contributed by atoms with van der Waals surface area (Å²) >= 11 is 4.95. The molecule has 0 atom stereocenters. The summed E-state index contributed by atoms with van der Waals surface area (Å²) in [5.41, 5.74) is 7.96. The highest BCUT2D eigenvalue weighted by Crippen LogP contribution is 2.07. The lowest BCUT2D eigenvalue weighted by molar-refractivity contribution is 0.638. The van der Waals surface area contributed by atoms with Crippen LogP contribution in [0, 0.1) is 0 Å². The second-order valence-corrected chi connectivity index (χ2v) is 5.11. The average molecular weight is 288 g/mol. The van der Waals surface area contributed by atoms with Crippen molar-refractivity contribution in [2.75, 3.05) is 19.0 Å². The van der Waals surface area contributed by atoms with Gasteiger partial charge < -0.3 is 10.6 Å². The van der Waals surface area contributed by atoms with Crippen LogP contribution in [0.4, 0.5) is 5.69 Å². The molecule has 0 aliphatic heterocycles. The van der Waals surface area contributed by atoms with Crippen molar-refractivity contribution < 1.29 is 0 Å². The lowest BCUT2D eigenvalue weighted by Gasteiger charge is -2.12. The van der Waals surface area contributed by atoms with E-state index in [-0.39, 0.29) is 5.56 Å². The van der Waals surface area contributed by atoms with E-state index in [9.17, 15) is 4.79 Å². The van der Waals surface area contributed by atoms with Crippen molar-refractivity contribution in [2.24, 2.45) is 5.73 Å². The van der Waals surface area contributed by atoms with Crippen LogP contribution in [-0.2, 0) is 6.54 Å². The zero-order valence-corrected chi connectivity index (χ0v) is 12.2. The van der Waals surface area contributed by atoms with E-state index >= 15 is 0 Å². The standard InChI is InChI=1S/C14H16N4OS/c1-17(2)12-7-13(19)18(16-8-12)9-10-4-3-5-11(6-10)14(15)20/h3-8H,9H2,1-2H3,(H2,15,20). The van der Waals surface area contributed by atoms with Crippen molar-refractivity contribution >= 4 is 22.9 Å². The fourth-order valence-electron chi connectivity index (χ4n) is 1.78. The molecule has 0 saturated heterocycles. The van der Waals surface area contributed by atoms with Gasteiger partial charge in [0.25, 0.3) is 5.56 Å². The Kier molecular flexibility index (Phi) is 4.14. The van der Waals surface area contributed by atoms with Crippen molar-refractivity contribution in [3.63, 3.8) is 0 Å². The number of thiocarbonyl (C=S) groups is 1. The third-order valence-electron chi connectivity index (χ3n) is 2.92. The van der Waals surface area contributed by atoms with Gasteiger partial charge in [0.05, 0.1) is 18.4 Å². The summed E-state index contributed by atoms with van der Waals surface area (Å²) in [5.74, 6) is 0. The van der Waals surface area contributed by atoms with Gasteiger partial charge >= 0.3 is 0 Å². The summed E-state index contributed by atoms with van der Waals surface area (Å²) in [5, 5.41) is 4.17. The second kappa shape index (κ2) is 5.83. The minimum absolute atomic E-state index is 0.142. The first kappa shape index (κ1) is 14.2. The molecule has 1 heterocycles. The Morgan fingerprint density at radius 3 is 2.75 bits per heavy atom. The van der Waals surface area contributed by atoms with Crippen LogP contribution in [0.2, 0.25) is 0 Å². The predicted molar refractivity (Wildman–Crippen MR) is 84.3 cm³/mol. The Morgan fingerprint density at radius 1 is 1.40 bits per heavy atom. The first-order valence-electron chi connectivity index (χ1n) is 6.10. The zero-order chi connectivity index (χ0) is 14.7. The molecular weight excluding hydrogens is 272 g/mol. The molecule has 20 heavy (non-hydrogen) atoms. The van der Waals surface area contributed by atoms with Crippen LogP contribution in [0.3, 0.4) is 0 Å². The monoisotopic (exact) mass is 288 g/mol. The highest BCUT2D eigenvalue weighted by atomic mass is 32.1. The lowest BCUT2D eigenvalue weighted by atomic mass is 10.1. The molecular formula is C14H16N4OS. The van der Waals surface area contributed by atoms with Crippen molar-refractivity contribution in [1.82, 2.24) is 9.78 Å². The Bertz CT molecular complexity index is 694. The molecule has 0 fully saturated rings. The summed E-state index contributed by atoms with van der Waals surface area (Å²) in [6, 6.07) is 9.05. The van der Waals surface area contributed by atoms with Crippen LogP contribution in [0.25, 0.3) is 0 Å². The first-order valence-corrected chi connectivity index (χ1v) is 6.51. The van der Waals surface area contributed by atoms with E-state index < -0.39 is 0 Å². The van der Waals surface area contributed by atoms with Gasteiger partial charge in [-0.2, -0.15) is 5.10 Å². The Labute approximate surface area is 122 Å². The smallest absolute Gasteiger partial charge is 0.269 e. The number of nitrogens with zero attached hydrogens (tertiary/aromatic N) is 3. The number of anilines is 1. The quantitative estimate of drug-likeness (QED) is 0.850. The summed E-state index contributed by atoms with van der Waals surface area (Å²) < 4.78 is 1.41. The maximum absolute atomic E-state index is 12.0. The van der Waals surface area contributed by atoms with E-state index in [0.717, 1.165) is 16.8 Å². The van der Waals surface area contributed by atoms with Gasteiger partial charge in [0.15, 0.2) is 0 Å². The van der Waals surface area contributed by atoms with Crippen molar-refractivity contribution in [3.8, 4) is 0 Å². The van der Waals surface area contributed by atoms with Crippen LogP contribution < -0.4 is 16.2 Å². The van der Waals surface area contributed by atoms with Gasteiger partial charge in [-0.3, -0.25) is 4.79 Å². The normalized spacial score (nSPS) is 10.3. The molecule has 1 aromatic heterocycles. The van der Waals surface area contributed by atoms with E-state index in [1.165, 1.54) is 4.68 Å². The molecule has 2 N–H and O–H groups in total. The van der Waals surface area contributed by atoms with Crippen molar-refractivity contribution in [3.05, 3.63) is 58.0 Å². The summed E-state index contributed by atoms with van der Waals surface area (Å²) in [7, 11) is 3.74. The molecule has 6 heteroatoms. The van der Waals surface area contributed by atoms with Crippen LogP contribution >= 0.6 is 12.2 Å². The van der Waals surface area contributed by atoms with Gasteiger partial charge in [0.1, 0.15) is 4.99 Å². The molecule has 0 unspecified atom stereocenters. The fourth-order valence-corrected chi connectivity index (χ4v) is 1.91. The number of benzene rings is 1. The summed E-state index contributed by atoms with van der Waals surface area (Å²) in [4.78, 5) is 14.2. The molecule has 1 aromatic carbocycles. The maximum atomic E-state index is 12.0. The minimum atomic E-state index is -0.142. The first-order chi connectivity index (χ1) is 9.47. The third-order valence-corrected chi connectivity index (χ3v) is 3.15. The van der Waals surface area contributed by atoms with Crippen molar-refractivity contribution in [1.29, 1.82) is 0 Å². The maximum Gasteiger partial charge on any atom is 0.269 e.